The predicted molar refractivity (Wildman–Crippen MR) is 111 cm³/mol. The molecule has 31 heavy (non-hydrogen) atoms. The Bertz CT molecular complexity index is 958. The van der Waals surface area contributed by atoms with Gasteiger partial charge in [-0.25, -0.2) is 8.78 Å². The Kier molecular flexibility index (Phi) is 6.81. The summed E-state index contributed by atoms with van der Waals surface area (Å²) in [6.07, 6.45) is -0.275. The van der Waals surface area contributed by atoms with Gasteiger partial charge < -0.3 is 15.8 Å². The Morgan fingerprint density at radius 3 is 2.42 bits per heavy atom. The van der Waals surface area contributed by atoms with Crippen LogP contribution in [-0.2, 0) is 4.74 Å². The van der Waals surface area contributed by atoms with Crippen LogP contribution in [0, 0.1) is 21.7 Å². The maximum atomic E-state index is 14.7. The molecule has 1 aliphatic rings. The molecule has 1 heterocycles. The Labute approximate surface area is 178 Å². The van der Waals surface area contributed by atoms with Crippen LogP contribution in [0.4, 0.5) is 20.2 Å². The van der Waals surface area contributed by atoms with Gasteiger partial charge in [0.2, 0.25) is 0 Å². The smallest absolute Gasteiger partial charge is 0.270 e. The van der Waals surface area contributed by atoms with Crippen molar-refractivity contribution in [2.45, 2.75) is 32.1 Å². The number of nitrogens with zero attached hydrogens (tertiary/aromatic N) is 2. The van der Waals surface area contributed by atoms with Crippen LogP contribution in [0.15, 0.2) is 36.4 Å². The molecule has 10 heteroatoms. The molecule has 2 aromatic rings. The Morgan fingerprint density at radius 1 is 1.26 bits per heavy atom. The van der Waals surface area contributed by atoms with Crippen LogP contribution < -0.4 is 11.1 Å². The minimum atomic E-state index is -0.853. The van der Waals surface area contributed by atoms with Crippen LogP contribution in [0.1, 0.15) is 35.8 Å². The van der Waals surface area contributed by atoms with Crippen molar-refractivity contribution in [2.24, 2.45) is 5.73 Å². The molecular weight excluding hydrogens is 410 g/mol. The van der Waals surface area contributed by atoms with Crippen molar-refractivity contribution in [3.8, 4) is 0 Å². The number of hydrogen-bond donors (Lipinski definition) is 2. The Morgan fingerprint density at radius 2 is 1.87 bits per heavy atom. The van der Waals surface area contributed by atoms with Gasteiger partial charge in [0, 0.05) is 43.0 Å². The van der Waals surface area contributed by atoms with E-state index in [2.05, 4.69) is 5.32 Å². The minimum Gasteiger partial charge on any atom is -0.382 e. The van der Waals surface area contributed by atoms with Gasteiger partial charge in [0.25, 0.3) is 11.6 Å². The summed E-state index contributed by atoms with van der Waals surface area (Å²) in [4.78, 5) is 24.1. The van der Waals surface area contributed by atoms with Gasteiger partial charge in [0.1, 0.15) is 11.6 Å². The number of non-ortho nitro benzene ring substituents is 1. The van der Waals surface area contributed by atoms with E-state index in [1.54, 1.807) is 0 Å². The lowest BCUT2D eigenvalue weighted by Gasteiger charge is -2.40. The largest absolute Gasteiger partial charge is 0.382 e. The van der Waals surface area contributed by atoms with Crippen LogP contribution in [0.5, 0.6) is 0 Å². The highest BCUT2D eigenvalue weighted by Crippen LogP contribution is 2.30. The van der Waals surface area contributed by atoms with E-state index in [9.17, 15) is 23.7 Å². The number of nitro groups is 1. The Balaban J connectivity index is 1.95. The van der Waals surface area contributed by atoms with Crippen molar-refractivity contribution in [1.29, 1.82) is 0 Å². The molecule has 3 N–H and O–H groups in total. The summed E-state index contributed by atoms with van der Waals surface area (Å²) in [7, 11) is 0. The first-order chi connectivity index (χ1) is 14.7. The molecular formula is C21H24F2N4O4. The molecule has 0 aromatic heterocycles. The van der Waals surface area contributed by atoms with Gasteiger partial charge in [-0.05, 0) is 32.0 Å². The van der Waals surface area contributed by atoms with Gasteiger partial charge in [-0.2, -0.15) is 0 Å². The van der Waals surface area contributed by atoms with Crippen molar-refractivity contribution in [2.75, 3.05) is 25.0 Å². The van der Waals surface area contributed by atoms with Gasteiger partial charge in [-0.3, -0.25) is 19.8 Å². The fraction of sp³-hybridized carbons (Fsp3) is 0.381. The van der Waals surface area contributed by atoms with Crippen LogP contribution in [0.25, 0.3) is 0 Å². The SMILES string of the molecule is CC1CN(C(CNc2ccc([N+](=O)[O-])cc2C(N)=O)c2c(F)cccc2F)CC(C)O1. The van der Waals surface area contributed by atoms with E-state index in [-0.39, 0.29) is 41.3 Å². The van der Waals surface area contributed by atoms with Gasteiger partial charge in [-0.1, -0.05) is 6.07 Å². The highest BCUT2D eigenvalue weighted by atomic mass is 19.1. The van der Waals surface area contributed by atoms with E-state index < -0.39 is 28.5 Å². The summed E-state index contributed by atoms with van der Waals surface area (Å²) in [5.41, 5.74) is 5.16. The number of carbonyl (C=O) groups excluding carboxylic acids is 1. The number of carbonyl (C=O) groups is 1. The number of amides is 1. The van der Waals surface area contributed by atoms with Crippen molar-refractivity contribution in [1.82, 2.24) is 4.90 Å². The first-order valence-electron chi connectivity index (χ1n) is 9.83. The zero-order valence-corrected chi connectivity index (χ0v) is 17.2. The highest BCUT2D eigenvalue weighted by molar-refractivity contribution is 5.99. The lowest BCUT2D eigenvalue weighted by Crippen LogP contribution is -2.48. The van der Waals surface area contributed by atoms with Gasteiger partial charge >= 0.3 is 0 Å². The van der Waals surface area contributed by atoms with Crippen molar-refractivity contribution >= 4 is 17.3 Å². The molecule has 3 atom stereocenters. The van der Waals surface area contributed by atoms with Crippen molar-refractivity contribution in [3.05, 3.63) is 69.3 Å². The molecule has 3 rings (SSSR count). The molecule has 8 nitrogen and oxygen atoms in total. The van der Waals surface area contributed by atoms with Crippen LogP contribution in [0.2, 0.25) is 0 Å². The molecule has 3 unspecified atom stereocenters. The topological polar surface area (TPSA) is 111 Å². The summed E-state index contributed by atoms with van der Waals surface area (Å²) in [5.74, 6) is -2.22. The summed E-state index contributed by atoms with van der Waals surface area (Å²) >= 11 is 0. The van der Waals surface area contributed by atoms with E-state index in [1.807, 2.05) is 18.7 Å². The van der Waals surface area contributed by atoms with E-state index in [1.165, 1.54) is 30.3 Å². The molecule has 166 valence electrons. The molecule has 2 aromatic carbocycles. The molecule has 0 radical (unpaired) electrons. The quantitative estimate of drug-likeness (QED) is 0.511. The number of hydrogen-bond acceptors (Lipinski definition) is 6. The fourth-order valence-corrected chi connectivity index (χ4v) is 3.93. The van der Waals surface area contributed by atoms with Crippen molar-refractivity contribution < 1.29 is 23.2 Å². The summed E-state index contributed by atoms with van der Waals surface area (Å²) in [5, 5.41) is 14.0. The van der Waals surface area contributed by atoms with Crippen molar-refractivity contribution in [3.63, 3.8) is 0 Å². The van der Waals surface area contributed by atoms with E-state index in [4.69, 9.17) is 10.5 Å². The lowest BCUT2D eigenvalue weighted by molar-refractivity contribution is -0.384. The number of nitrogens with one attached hydrogen (secondary N) is 1. The molecule has 1 saturated heterocycles. The molecule has 0 saturated carbocycles. The third-order valence-electron chi connectivity index (χ3n) is 5.19. The number of benzene rings is 2. The molecule has 0 aliphatic carbocycles. The molecule has 0 bridgehead atoms. The average molecular weight is 434 g/mol. The van der Waals surface area contributed by atoms with Crippen LogP contribution in [-0.4, -0.2) is 47.6 Å². The predicted octanol–water partition coefficient (Wildman–Crippen LogP) is 3.23. The second kappa shape index (κ2) is 9.36. The van der Waals surface area contributed by atoms with Crippen LogP contribution in [0.3, 0.4) is 0 Å². The fourth-order valence-electron chi connectivity index (χ4n) is 3.93. The summed E-state index contributed by atoms with van der Waals surface area (Å²) in [6, 6.07) is 6.63. The molecule has 1 amide bonds. The molecule has 1 aliphatic heterocycles. The number of anilines is 1. The third-order valence-corrected chi connectivity index (χ3v) is 5.19. The average Bonchev–Trinajstić information content (AvgIpc) is 2.69. The first kappa shape index (κ1) is 22.6. The first-order valence-corrected chi connectivity index (χ1v) is 9.83. The van der Waals surface area contributed by atoms with Gasteiger partial charge in [0.05, 0.1) is 28.7 Å². The Hall–Kier alpha value is -3.11. The second-order valence-electron chi connectivity index (χ2n) is 7.59. The van der Waals surface area contributed by atoms with Gasteiger partial charge in [0.15, 0.2) is 0 Å². The number of morpholine rings is 1. The summed E-state index contributed by atoms with van der Waals surface area (Å²) in [6.45, 7) is 4.70. The monoisotopic (exact) mass is 434 g/mol. The number of rotatable bonds is 7. The van der Waals surface area contributed by atoms with E-state index >= 15 is 0 Å². The van der Waals surface area contributed by atoms with Crippen LogP contribution >= 0.6 is 0 Å². The number of nitrogens with two attached hydrogens (primary N) is 1. The molecule has 0 spiro atoms. The number of ether oxygens (including phenoxy) is 1. The third kappa shape index (κ3) is 5.15. The zero-order valence-electron chi connectivity index (χ0n) is 17.2. The minimum absolute atomic E-state index is 0.0371. The second-order valence-corrected chi connectivity index (χ2v) is 7.59. The number of nitro benzene ring substituents is 1. The van der Waals surface area contributed by atoms with E-state index in [0.29, 0.717) is 13.1 Å². The molecule has 1 fully saturated rings. The lowest BCUT2D eigenvalue weighted by atomic mass is 10.0. The maximum Gasteiger partial charge on any atom is 0.270 e. The van der Waals surface area contributed by atoms with Gasteiger partial charge in [-0.15, -0.1) is 0 Å². The normalized spacial score (nSPS) is 20.3. The standard InChI is InChI=1S/C21H24F2N4O4/c1-12-10-26(11-13(2)31-12)19(20-16(22)4-3-5-17(20)23)9-25-18-7-6-14(27(29)30)8-15(18)21(24)28/h3-8,12-13,19,25H,9-11H2,1-2H3,(H2,24,28). The zero-order chi connectivity index (χ0) is 22.7. The highest BCUT2D eigenvalue weighted by Gasteiger charge is 2.32. The maximum absolute atomic E-state index is 14.7. The van der Waals surface area contributed by atoms with E-state index in [0.717, 1.165) is 6.07 Å². The number of primary amides is 1. The summed E-state index contributed by atoms with van der Waals surface area (Å²) < 4.78 is 35.0. The number of halogens is 2.